The number of pyridine rings is 2. The van der Waals surface area contributed by atoms with Crippen LogP contribution in [-0.4, -0.2) is 21.5 Å². The van der Waals surface area contributed by atoms with Crippen LogP contribution >= 0.6 is 0 Å². The zero-order valence-electron chi connectivity index (χ0n) is 28.4. The first-order chi connectivity index (χ1) is 25.2. The van der Waals surface area contributed by atoms with Crippen LogP contribution in [0.25, 0.3) is 50.5 Å². The highest BCUT2D eigenvalue weighted by Crippen LogP contribution is 2.36. The molecule has 1 aliphatic rings. The van der Waals surface area contributed by atoms with Gasteiger partial charge in [-0.25, -0.2) is 9.98 Å². The molecule has 0 saturated carbocycles. The Bertz CT molecular complexity index is 2370. The molecule has 4 heteroatoms. The van der Waals surface area contributed by atoms with Crippen LogP contribution in [0.15, 0.2) is 192 Å². The van der Waals surface area contributed by atoms with Crippen LogP contribution in [0.1, 0.15) is 36.5 Å². The van der Waals surface area contributed by atoms with E-state index in [0.29, 0.717) is 5.84 Å². The highest BCUT2D eigenvalue weighted by molar-refractivity contribution is 6.16. The fourth-order valence-corrected chi connectivity index (χ4v) is 6.67. The Morgan fingerprint density at radius 1 is 0.373 bits per heavy atom. The van der Waals surface area contributed by atoms with Gasteiger partial charge in [0.05, 0.1) is 22.8 Å². The molecule has 0 saturated heterocycles. The minimum atomic E-state index is 0.709. The van der Waals surface area contributed by atoms with Gasteiger partial charge in [-0.3, -0.25) is 9.97 Å². The lowest BCUT2D eigenvalue weighted by atomic mass is 9.90. The second-order valence-electron chi connectivity index (χ2n) is 12.7. The smallest absolute Gasteiger partial charge is 0.160 e. The predicted molar refractivity (Wildman–Crippen MR) is 212 cm³/mol. The molecular weight excluding hydrogens is 621 g/mol. The Morgan fingerprint density at radius 3 is 1.39 bits per heavy atom. The van der Waals surface area contributed by atoms with Crippen molar-refractivity contribution in [3.63, 3.8) is 0 Å². The van der Waals surface area contributed by atoms with E-state index in [4.69, 9.17) is 9.98 Å². The minimum absolute atomic E-state index is 0.709. The molecule has 0 atom stereocenters. The zero-order valence-corrected chi connectivity index (χ0v) is 28.4. The van der Waals surface area contributed by atoms with Crippen LogP contribution in [-0.2, 0) is 0 Å². The zero-order chi connectivity index (χ0) is 34.4. The molecular formula is C47H36N4. The van der Waals surface area contributed by atoms with Crippen molar-refractivity contribution in [1.29, 1.82) is 0 Å². The summed E-state index contributed by atoms with van der Waals surface area (Å²) in [6.07, 6.45) is 5.28. The summed E-state index contributed by atoms with van der Waals surface area (Å²) in [6.45, 7) is 2.22. The van der Waals surface area contributed by atoms with Crippen LogP contribution in [0.5, 0.6) is 0 Å². The first-order valence-corrected chi connectivity index (χ1v) is 17.4. The SMILES string of the molecule is C/C1=C(c2ccccc2-c2ccc(-c3ccccn3)cc2)/N=C(c2ccccc2)\N=C(\c2ccccc2-c2ccc(-c3ccccn3)cc2)CC1. The topological polar surface area (TPSA) is 50.5 Å². The number of amidine groups is 1. The van der Waals surface area contributed by atoms with E-state index in [1.807, 2.05) is 54.9 Å². The largest absolute Gasteiger partial charge is 0.256 e. The van der Waals surface area contributed by atoms with E-state index in [1.165, 1.54) is 5.57 Å². The molecule has 244 valence electrons. The highest BCUT2D eigenvalue weighted by Gasteiger charge is 2.20. The van der Waals surface area contributed by atoms with Gasteiger partial charge in [0.15, 0.2) is 5.84 Å². The number of hydrogen-bond donors (Lipinski definition) is 0. The van der Waals surface area contributed by atoms with Gasteiger partial charge < -0.3 is 0 Å². The van der Waals surface area contributed by atoms with Crippen LogP contribution < -0.4 is 0 Å². The molecule has 0 amide bonds. The maximum absolute atomic E-state index is 5.42. The van der Waals surface area contributed by atoms with E-state index in [2.05, 4.69) is 138 Å². The highest BCUT2D eigenvalue weighted by atomic mass is 14.9. The molecule has 4 nitrogen and oxygen atoms in total. The Morgan fingerprint density at radius 2 is 0.843 bits per heavy atom. The van der Waals surface area contributed by atoms with Crippen LogP contribution in [0.4, 0.5) is 0 Å². The van der Waals surface area contributed by atoms with Gasteiger partial charge in [-0.15, -0.1) is 0 Å². The molecule has 0 bridgehead atoms. The number of benzene rings is 5. The van der Waals surface area contributed by atoms with Crippen LogP contribution in [0, 0.1) is 0 Å². The van der Waals surface area contributed by atoms with E-state index >= 15 is 0 Å². The summed E-state index contributed by atoms with van der Waals surface area (Å²) >= 11 is 0. The molecule has 0 radical (unpaired) electrons. The Hall–Kier alpha value is -6.52. The summed E-state index contributed by atoms with van der Waals surface area (Å²) in [6, 6.07) is 56.8. The average Bonchev–Trinajstić information content (AvgIpc) is 3.21. The summed E-state index contributed by atoms with van der Waals surface area (Å²) in [7, 11) is 0. The average molecular weight is 657 g/mol. The maximum atomic E-state index is 5.42. The third kappa shape index (κ3) is 6.85. The number of aliphatic imine (C=N–C) groups is 2. The Labute approximate surface area is 299 Å². The van der Waals surface area contributed by atoms with Crippen molar-refractivity contribution in [2.75, 3.05) is 0 Å². The number of rotatable bonds is 7. The predicted octanol–water partition coefficient (Wildman–Crippen LogP) is 11.6. The fourth-order valence-electron chi connectivity index (χ4n) is 6.67. The van der Waals surface area contributed by atoms with Gasteiger partial charge in [0, 0.05) is 40.2 Å². The quantitative estimate of drug-likeness (QED) is 0.171. The lowest BCUT2D eigenvalue weighted by Crippen LogP contribution is -2.11. The van der Waals surface area contributed by atoms with E-state index in [0.717, 1.165) is 85.7 Å². The molecule has 0 N–H and O–H groups in total. The van der Waals surface area contributed by atoms with Gasteiger partial charge in [0.25, 0.3) is 0 Å². The van der Waals surface area contributed by atoms with Crippen LogP contribution in [0.2, 0.25) is 0 Å². The normalized spacial score (nSPS) is 16.6. The Balaban J connectivity index is 1.20. The van der Waals surface area contributed by atoms with Crippen molar-refractivity contribution >= 4 is 17.2 Å². The minimum Gasteiger partial charge on any atom is -0.256 e. The molecule has 0 spiro atoms. The van der Waals surface area contributed by atoms with Crippen LogP contribution in [0.3, 0.4) is 0 Å². The molecule has 0 aliphatic carbocycles. The third-order valence-electron chi connectivity index (χ3n) is 9.36. The van der Waals surface area contributed by atoms with Gasteiger partial charge in [-0.1, -0.05) is 140 Å². The molecule has 0 fully saturated rings. The second-order valence-corrected chi connectivity index (χ2v) is 12.7. The van der Waals surface area contributed by atoms with E-state index in [1.54, 1.807) is 0 Å². The van der Waals surface area contributed by atoms with Crippen molar-refractivity contribution < 1.29 is 0 Å². The van der Waals surface area contributed by atoms with Crippen molar-refractivity contribution in [2.45, 2.75) is 19.8 Å². The van der Waals surface area contributed by atoms with Gasteiger partial charge >= 0.3 is 0 Å². The van der Waals surface area contributed by atoms with Gasteiger partial charge in [-0.05, 0) is 71.9 Å². The summed E-state index contributed by atoms with van der Waals surface area (Å²) in [4.78, 5) is 19.9. The van der Waals surface area contributed by atoms with E-state index in [9.17, 15) is 0 Å². The third-order valence-corrected chi connectivity index (χ3v) is 9.36. The van der Waals surface area contributed by atoms with Crippen molar-refractivity contribution in [1.82, 2.24) is 9.97 Å². The molecule has 51 heavy (non-hydrogen) atoms. The molecule has 3 heterocycles. The number of allylic oxidation sites excluding steroid dienone is 1. The molecule has 0 unspecified atom stereocenters. The number of hydrogen-bond acceptors (Lipinski definition) is 4. The summed E-state index contributed by atoms with van der Waals surface area (Å²) in [5.41, 5.74) is 15.1. The van der Waals surface area contributed by atoms with E-state index in [-0.39, 0.29) is 0 Å². The molecule has 1 aliphatic heterocycles. The molecule has 5 aromatic carbocycles. The van der Waals surface area contributed by atoms with Gasteiger partial charge in [0.2, 0.25) is 0 Å². The van der Waals surface area contributed by atoms with Crippen molar-refractivity contribution in [2.24, 2.45) is 9.98 Å². The number of aromatic nitrogens is 2. The van der Waals surface area contributed by atoms with Gasteiger partial charge in [-0.2, -0.15) is 0 Å². The van der Waals surface area contributed by atoms with Gasteiger partial charge in [0.1, 0.15) is 0 Å². The molecule has 2 aromatic heterocycles. The number of nitrogens with zero attached hydrogens (tertiary/aromatic N) is 4. The summed E-state index contributed by atoms with van der Waals surface area (Å²) in [5.74, 6) is 0.709. The lowest BCUT2D eigenvalue weighted by molar-refractivity contribution is 1.00. The second kappa shape index (κ2) is 14.5. The Kier molecular flexibility index (Phi) is 9.04. The van der Waals surface area contributed by atoms with Crippen molar-refractivity contribution in [3.8, 4) is 44.8 Å². The fraction of sp³-hybridized carbons (Fsp3) is 0.0638. The lowest BCUT2D eigenvalue weighted by Gasteiger charge is -2.19. The summed E-state index contributed by atoms with van der Waals surface area (Å²) in [5, 5.41) is 0. The first kappa shape index (κ1) is 31.7. The maximum Gasteiger partial charge on any atom is 0.160 e. The summed E-state index contributed by atoms with van der Waals surface area (Å²) < 4.78 is 0. The standard InChI is InChI=1S/C47H36N4/c1-33-21-30-45(41-17-7-5-15-39(41)34-22-26-36(27-23-34)43-19-9-11-31-48-43)50-47(38-13-3-2-4-14-38)51-46(33)42-18-8-6-16-40(42)35-24-28-37(29-25-35)44-20-10-12-32-49-44/h2-20,22-29,31-32H,21,30H2,1H3/b46-33-,50-45+,51-47-. The molecule has 7 aromatic rings. The van der Waals surface area contributed by atoms with Crippen molar-refractivity contribution in [3.05, 3.63) is 198 Å². The van der Waals surface area contributed by atoms with E-state index < -0.39 is 0 Å². The monoisotopic (exact) mass is 656 g/mol. The molecule has 8 rings (SSSR count). The first-order valence-electron chi connectivity index (χ1n) is 17.4.